The number of ether oxygens (including phenoxy) is 2. The number of esters is 2. The molecule has 0 aliphatic rings. The highest BCUT2D eigenvalue weighted by molar-refractivity contribution is 5.70. The van der Waals surface area contributed by atoms with Crippen molar-refractivity contribution in [2.45, 2.75) is 206 Å². The van der Waals surface area contributed by atoms with Crippen LogP contribution in [0, 0.1) is 0 Å². The summed E-state index contributed by atoms with van der Waals surface area (Å²) in [6.45, 7) is 3.95. The van der Waals surface area contributed by atoms with Crippen LogP contribution < -0.4 is 0 Å². The Balaban J connectivity index is 3.64. The standard InChI is InChI=1S/C58H92O5/c1-3-5-7-9-11-13-15-17-19-20-21-22-23-24-25-26-27-28-29-30-31-32-33-34-35-36-37-38-39-41-43-45-47-49-51-53-58(61)63-56(54-59)55-62-57(60)52-50-48-46-44-42-40-18-16-14-12-10-8-6-4-2/h5,7,10-13,16-19,21-22,24-25,27-28,30-31,33-34,36-37,56,59H,3-4,6,8-9,14-15,20,23,26,29,32,35,38-55H2,1-2H3/b7-5-,12-10-,13-11-,18-16-,19-17-,22-21-,25-24-,28-27-,31-30-,34-33-,37-36-. The second-order valence-electron chi connectivity index (χ2n) is 16.2. The van der Waals surface area contributed by atoms with Crippen molar-refractivity contribution in [1.29, 1.82) is 0 Å². The lowest BCUT2D eigenvalue weighted by molar-refractivity contribution is -0.161. The van der Waals surface area contributed by atoms with E-state index in [0.717, 1.165) is 116 Å². The van der Waals surface area contributed by atoms with Gasteiger partial charge in [-0.2, -0.15) is 0 Å². The summed E-state index contributed by atoms with van der Waals surface area (Å²) in [5.74, 6) is -0.631. The summed E-state index contributed by atoms with van der Waals surface area (Å²) < 4.78 is 10.6. The van der Waals surface area contributed by atoms with Crippen molar-refractivity contribution < 1.29 is 24.2 Å². The zero-order valence-corrected chi connectivity index (χ0v) is 40.3. The molecule has 0 aromatic heterocycles. The van der Waals surface area contributed by atoms with Gasteiger partial charge in [0.05, 0.1) is 6.61 Å². The molecule has 0 saturated heterocycles. The lowest BCUT2D eigenvalue weighted by Gasteiger charge is -2.15. The molecule has 0 bridgehead atoms. The van der Waals surface area contributed by atoms with E-state index in [2.05, 4.69) is 148 Å². The molecule has 354 valence electrons. The fourth-order valence-corrected chi connectivity index (χ4v) is 6.39. The van der Waals surface area contributed by atoms with Gasteiger partial charge in [-0.1, -0.05) is 212 Å². The Morgan fingerprint density at radius 2 is 0.683 bits per heavy atom. The Hall–Kier alpha value is -3.96. The molecule has 0 spiro atoms. The van der Waals surface area contributed by atoms with Crippen LogP contribution in [0.4, 0.5) is 0 Å². The third kappa shape index (κ3) is 50.6. The minimum Gasteiger partial charge on any atom is -0.462 e. The van der Waals surface area contributed by atoms with E-state index in [1.54, 1.807) is 0 Å². The second kappa shape index (κ2) is 52.4. The van der Waals surface area contributed by atoms with E-state index < -0.39 is 6.10 Å². The normalized spacial score (nSPS) is 13.4. The number of carbonyl (C=O) groups is 2. The monoisotopic (exact) mass is 869 g/mol. The van der Waals surface area contributed by atoms with Crippen LogP contribution in [0.1, 0.15) is 200 Å². The van der Waals surface area contributed by atoms with Crippen molar-refractivity contribution in [2.75, 3.05) is 13.2 Å². The number of rotatable bonds is 44. The molecule has 0 radical (unpaired) electrons. The third-order valence-corrected chi connectivity index (χ3v) is 10.2. The highest BCUT2D eigenvalue weighted by atomic mass is 16.6. The van der Waals surface area contributed by atoms with Gasteiger partial charge in [-0.25, -0.2) is 0 Å². The maximum atomic E-state index is 12.3. The van der Waals surface area contributed by atoms with Gasteiger partial charge in [0.15, 0.2) is 6.10 Å². The molecule has 0 amide bonds. The second-order valence-corrected chi connectivity index (χ2v) is 16.2. The van der Waals surface area contributed by atoms with E-state index >= 15 is 0 Å². The van der Waals surface area contributed by atoms with E-state index in [1.807, 2.05) is 0 Å². The van der Waals surface area contributed by atoms with E-state index in [0.29, 0.717) is 12.8 Å². The molecule has 0 aromatic carbocycles. The maximum Gasteiger partial charge on any atom is 0.306 e. The van der Waals surface area contributed by atoms with Gasteiger partial charge in [0.25, 0.3) is 0 Å². The molecule has 0 saturated carbocycles. The summed E-state index contributed by atoms with van der Waals surface area (Å²) in [4.78, 5) is 24.4. The molecule has 1 atom stereocenters. The topological polar surface area (TPSA) is 72.8 Å². The minimum atomic E-state index is -0.793. The molecule has 0 aromatic rings. The van der Waals surface area contributed by atoms with Crippen molar-refractivity contribution in [1.82, 2.24) is 0 Å². The fraction of sp³-hybridized carbons (Fsp3) is 0.586. The van der Waals surface area contributed by atoms with Crippen molar-refractivity contribution >= 4 is 11.9 Å². The molecule has 1 N–H and O–H groups in total. The van der Waals surface area contributed by atoms with Crippen molar-refractivity contribution in [3.63, 3.8) is 0 Å². The summed E-state index contributed by atoms with van der Waals surface area (Å²) in [5, 5.41) is 9.60. The molecular formula is C58H92O5. The molecule has 0 heterocycles. The highest BCUT2D eigenvalue weighted by Crippen LogP contribution is 2.12. The van der Waals surface area contributed by atoms with E-state index in [9.17, 15) is 14.7 Å². The van der Waals surface area contributed by atoms with Crippen LogP contribution in [0.3, 0.4) is 0 Å². The summed E-state index contributed by atoms with van der Waals surface area (Å²) >= 11 is 0. The van der Waals surface area contributed by atoms with Crippen LogP contribution in [0.15, 0.2) is 134 Å². The van der Waals surface area contributed by atoms with Crippen LogP contribution in [-0.2, 0) is 19.1 Å². The number of unbranched alkanes of at least 4 members (excludes halogenated alkanes) is 14. The molecule has 5 nitrogen and oxygen atoms in total. The predicted octanol–water partition coefficient (Wildman–Crippen LogP) is 16.9. The van der Waals surface area contributed by atoms with E-state index in [4.69, 9.17) is 9.47 Å². The van der Waals surface area contributed by atoms with Crippen molar-refractivity contribution in [3.8, 4) is 0 Å². The largest absolute Gasteiger partial charge is 0.462 e. The van der Waals surface area contributed by atoms with Crippen LogP contribution >= 0.6 is 0 Å². The summed E-state index contributed by atoms with van der Waals surface area (Å²) in [6, 6.07) is 0. The first kappa shape index (κ1) is 59.0. The summed E-state index contributed by atoms with van der Waals surface area (Å²) in [5.41, 5.74) is 0. The van der Waals surface area contributed by atoms with Gasteiger partial charge in [0.1, 0.15) is 6.61 Å². The van der Waals surface area contributed by atoms with Gasteiger partial charge in [-0.05, 0) is 109 Å². The van der Waals surface area contributed by atoms with Gasteiger partial charge >= 0.3 is 11.9 Å². The van der Waals surface area contributed by atoms with E-state index in [-0.39, 0.29) is 25.2 Å². The number of aliphatic hydroxyl groups excluding tert-OH is 1. The Kier molecular flexibility index (Phi) is 49.1. The van der Waals surface area contributed by atoms with Crippen LogP contribution in [0.2, 0.25) is 0 Å². The Labute approximate surface area is 387 Å². The number of hydrogen-bond donors (Lipinski definition) is 1. The molecule has 0 rings (SSSR count). The quantitative estimate of drug-likeness (QED) is 0.0375. The van der Waals surface area contributed by atoms with Gasteiger partial charge in [0.2, 0.25) is 0 Å². The van der Waals surface area contributed by atoms with Crippen LogP contribution in [-0.4, -0.2) is 36.4 Å². The van der Waals surface area contributed by atoms with Gasteiger partial charge in [-0.3, -0.25) is 9.59 Å². The molecule has 0 fully saturated rings. The molecule has 0 aliphatic heterocycles. The van der Waals surface area contributed by atoms with Gasteiger partial charge in [-0.15, -0.1) is 0 Å². The maximum absolute atomic E-state index is 12.3. The SMILES string of the molecule is CC/C=C\C/C=C\C/C=C\C/C=C\C/C=C\C/C=C\C/C=C\C/C=C\C/C=C\CCCCCCCCCC(=O)OC(CO)COC(=O)CCCCCCC/C=C\C/C=C\CCCC. The zero-order valence-electron chi connectivity index (χ0n) is 40.3. The average Bonchev–Trinajstić information content (AvgIpc) is 3.29. The number of hydrogen-bond acceptors (Lipinski definition) is 5. The molecule has 1 unspecified atom stereocenters. The zero-order chi connectivity index (χ0) is 45.6. The Morgan fingerprint density at radius 1 is 0.381 bits per heavy atom. The molecule has 5 heteroatoms. The third-order valence-electron chi connectivity index (χ3n) is 10.2. The summed E-state index contributed by atoms with van der Waals surface area (Å²) in [7, 11) is 0. The predicted molar refractivity (Wildman–Crippen MR) is 274 cm³/mol. The molecular weight excluding hydrogens is 777 g/mol. The minimum absolute atomic E-state index is 0.0858. The van der Waals surface area contributed by atoms with Crippen LogP contribution in [0.25, 0.3) is 0 Å². The van der Waals surface area contributed by atoms with Crippen molar-refractivity contribution in [2.24, 2.45) is 0 Å². The molecule has 0 aliphatic carbocycles. The van der Waals surface area contributed by atoms with Gasteiger partial charge in [0, 0.05) is 12.8 Å². The van der Waals surface area contributed by atoms with Crippen LogP contribution in [0.5, 0.6) is 0 Å². The van der Waals surface area contributed by atoms with Gasteiger partial charge < -0.3 is 14.6 Å². The Bertz CT molecular complexity index is 1350. The summed E-state index contributed by atoms with van der Waals surface area (Å²) in [6.07, 6.45) is 78.2. The van der Waals surface area contributed by atoms with Crippen molar-refractivity contribution in [3.05, 3.63) is 134 Å². The average molecular weight is 869 g/mol. The Morgan fingerprint density at radius 3 is 1.03 bits per heavy atom. The smallest absolute Gasteiger partial charge is 0.306 e. The molecule has 63 heavy (non-hydrogen) atoms. The highest BCUT2D eigenvalue weighted by Gasteiger charge is 2.16. The lowest BCUT2D eigenvalue weighted by Crippen LogP contribution is -2.28. The lowest BCUT2D eigenvalue weighted by atomic mass is 10.1. The first-order chi connectivity index (χ1) is 31.1. The van der Waals surface area contributed by atoms with E-state index in [1.165, 1.54) is 57.8 Å². The first-order valence-electron chi connectivity index (χ1n) is 25.2. The number of aliphatic hydroxyl groups is 1. The fourth-order valence-electron chi connectivity index (χ4n) is 6.39. The first-order valence-corrected chi connectivity index (χ1v) is 25.2. The number of allylic oxidation sites excluding steroid dienone is 22. The number of carbonyl (C=O) groups excluding carboxylic acids is 2.